The highest BCUT2D eigenvalue weighted by molar-refractivity contribution is 7.86. The Bertz CT molecular complexity index is 917. The van der Waals surface area contributed by atoms with Crippen LogP contribution >= 0.6 is 0 Å². The summed E-state index contributed by atoms with van der Waals surface area (Å²) >= 11 is 0. The summed E-state index contributed by atoms with van der Waals surface area (Å²) < 4.78 is 27.8. The van der Waals surface area contributed by atoms with E-state index in [-0.39, 0.29) is 11.5 Å². The highest BCUT2D eigenvalue weighted by atomic mass is 32.2. The van der Waals surface area contributed by atoms with Gasteiger partial charge >= 0.3 is 0 Å². The van der Waals surface area contributed by atoms with Crippen molar-refractivity contribution in [3.8, 4) is 6.07 Å². The second-order valence-electron chi connectivity index (χ2n) is 8.83. The molecule has 0 bridgehead atoms. The van der Waals surface area contributed by atoms with Crippen LogP contribution in [0.15, 0.2) is 60.7 Å². The summed E-state index contributed by atoms with van der Waals surface area (Å²) in [5, 5.41) is 10.3. The molecule has 2 aromatic carbocycles. The summed E-state index contributed by atoms with van der Waals surface area (Å²) in [5.74, 6) is 0.386. The quantitative estimate of drug-likeness (QED) is 0.570. The molecule has 0 saturated heterocycles. The van der Waals surface area contributed by atoms with Gasteiger partial charge in [0.05, 0.1) is 18.4 Å². The van der Waals surface area contributed by atoms with Gasteiger partial charge in [-0.2, -0.15) is 13.7 Å². The minimum absolute atomic E-state index is 0.0109. The zero-order chi connectivity index (χ0) is 21.1. The maximum Gasteiger partial charge on any atom is 0.264 e. The van der Waals surface area contributed by atoms with Crippen LogP contribution in [0.4, 0.5) is 0 Å². The van der Waals surface area contributed by atoms with Gasteiger partial charge in [-0.05, 0) is 48.1 Å². The molecule has 0 spiro atoms. The lowest BCUT2D eigenvalue weighted by molar-refractivity contribution is -0.00200. The molecule has 1 saturated carbocycles. The SMILES string of the molecule is CC(C)(CCC(C#N)(c1ccccc1)c1ccccc1)C1CC(OS(C)(=O)=O)C1. The molecule has 0 N–H and O–H groups in total. The molecule has 0 unspecified atom stereocenters. The number of hydrogen-bond donors (Lipinski definition) is 0. The molecule has 2 aromatic rings. The summed E-state index contributed by atoms with van der Waals surface area (Å²) in [6.45, 7) is 4.43. The van der Waals surface area contributed by atoms with Gasteiger partial charge in [0.2, 0.25) is 0 Å². The van der Waals surface area contributed by atoms with Crippen LogP contribution < -0.4 is 0 Å². The summed E-state index contributed by atoms with van der Waals surface area (Å²) in [4.78, 5) is 0. The van der Waals surface area contributed by atoms with Gasteiger partial charge in [0.25, 0.3) is 10.1 Å². The zero-order valence-corrected chi connectivity index (χ0v) is 18.2. The Labute approximate surface area is 174 Å². The predicted octanol–water partition coefficient (Wildman–Crippen LogP) is 5.06. The molecule has 3 rings (SSSR count). The van der Waals surface area contributed by atoms with E-state index < -0.39 is 15.5 Å². The molecule has 1 fully saturated rings. The van der Waals surface area contributed by atoms with Crippen molar-refractivity contribution >= 4 is 10.1 Å². The van der Waals surface area contributed by atoms with Crippen molar-refractivity contribution in [2.75, 3.05) is 6.26 Å². The second kappa shape index (κ2) is 8.30. The topological polar surface area (TPSA) is 67.2 Å². The predicted molar refractivity (Wildman–Crippen MR) is 115 cm³/mol. The maximum absolute atomic E-state index is 11.3. The van der Waals surface area contributed by atoms with Crippen LogP contribution in [-0.2, 0) is 19.7 Å². The Hall–Kier alpha value is -2.16. The molecule has 1 aliphatic rings. The largest absolute Gasteiger partial charge is 0.267 e. The molecule has 0 aromatic heterocycles. The summed E-state index contributed by atoms with van der Waals surface area (Å²) in [6, 6.07) is 22.6. The zero-order valence-electron chi connectivity index (χ0n) is 17.3. The Morgan fingerprint density at radius 3 is 1.86 bits per heavy atom. The third-order valence-corrected chi connectivity index (χ3v) is 7.00. The van der Waals surface area contributed by atoms with E-state index in [4.69, 9.17) is 4.18 Å². The van der Waals surface area contributed by atoms with Crippen molar-refractivity contribution in [3.05, 3.63) is 71.8 Å². The fourth-order valence-corrected chi connectivity index (χ4v) is 4.98. The van der Waals surface area contributed by atoms with Crippen LogP contribution in [0.25, 0.3) is 0 Å². The number of hydrogen-bond acceptors (Lipinski definition) is 4. The monoisotopic (exact) mass is 411 g/mol. The highest BCUT2D eigenvalue weighted by Gasteiger charge is 2.44. The number of rotatable bonds is 8. The van der Waals surface area contributed by atoms with E-state index in [0.717, 1.165) is 36.6 Å². The van der Waals surface area contributed by atoms with Gasteiger partial charge in [-0.25, -0.2) is 0 Å². The Morgan fingerprint density at radius 2 is 1.45 bits per heavy atom. The van der Waals surface area contributed by atoms with Gasteiger partial charge in [-0.1, -0.05) is 74.5 Å². The van der Waals surface area contributed by atoms with Crippen molar-refractivity contribution < 1.29 is 12.6 Å². The molecular weight excluding hydrogens is 382 g/mol. The molecule has 0 aliphatic heterocycles. The van der Waals surface area contributed by atoms with Gasteiger partial charge in [-0.3, -0.25) is 4.18 Å². The lowest BCUT2D eigenvalue weighted by Crippen LogP contribution is -2.42. The van der Waals surface area contributed by atoms with E-state index >= 15 is 0 Å². The molecule has 5 heteroatoms. The van der Waals surface area contributed by atoms with Crippen molar-refractivity contribution in [1.29, 1.82) is 5.26 Å². The summed E-state index contributed by atoms with van der Waals surface area (Å²) in [5.41, 5.74) is 1.31. The third-order valence-electron chi connectivity index (χ3n) is 6.38. The highest BCUT2D eigenvalue weighted by Crippen LogP contribution is 2.48. The van der Waals surface area contributed by atoms with Gasteiger partial charge in [0, 0.05) is 0 Å². The van der Waals surface area contributed by atoms with Crippen molar-refractivity contribution in [3.63, 3.8) is 0 Å². The minimum atomic E-state index is -3.41. The van der Waals surface area contributed by atoms with Crippen LogP contribution in [0, 0.1) is 22.7 Å². The number of nitriles is 1. The number of nitrogens with zero attached hydrogens (tertiary/aromatic N) is 1. The first-order valence-electron chi connectivity index (χ1n) is 10.1. The Balaban J connectivity index is 1.78. The van der Waals surface area contributed by atoms with E-state index in [2.05, 4.69) is 19.9 Å². The molecule has 4 nitrogen and oxygen atoms in total. The van der Waals surface area contributed by atoms with Gasteiger partial charge in [0.1, 0.15) is 5.41 Å². The number of benzene rings is 2. The smallest absolute Gasteiger partial charge is 0.264 e. The van der Waals surface area contributed by atoms with Crippen LogP contribution in [0.1, 0.15) is 50.7 Å². The molecule has 29 heavy (non-hydrogen) atoms. The first kappa shape index (κ1) is 21.5. The van der Waals surface area contributed by atoms with E-state index in [1.165, 1.54) is 0 Å². The van der Waals surface area contributed by atoms with E-state index in [1.807, 2.05) is 60.7 Å². The van der Waals surface area contributed by atoms with Crippen molar-refractivity contribution in [2.45, 2.75) is 51.0 Å². The first-order chi connectivity index (χ1) is 13.7. The Morgan fingerprint density at radius 1 is 0.966 bits per heavy atom. The van der Waals surface area contributed by atoms with E-state index in [1.54, 1.807) is 0 Å². The van der Waals surface area contributed by atoms with E-state index in [0.29, 0.717) is 12.3 Å². The average Bonchev–Trinajstić information content (AvgIpc) is 2.66. The van der Waals surface area contributed by atoms with Crippen LogP contribution in [0.5, 0.6) is 0 Å². The lowest BCUT2D eigenvalue weighted by Gasteiger charge is -2.45. The molecule has 1 aliphatic carbocycles. The minimum Gasteiger partial charge on any atom is -0.267 e. The third kappa shape index (κ3) is 4.88. The van der Waals surface area contributed by atoms with Crippen LogP contribution in [0.3, 0.4) is 0 Å². The molecule has 0 heterocycles. The van der Waals surface area contributed by atoms with Crippen LogP contribution in [-0.4, -0.2) is 20.8 Å². The summed E-state index contributed by atoms with van der Waals surface area (Å²) in [7, 11) is -3.41. The average molecular weight is 412 g/mol. The second-order valence-corrected chi connectivity index (χ2v) is 10.4. The van der Waals surface area contributed by atoms with Crippen LogP contribution in [0.2, 0.25) is 0 Å². The van der Waals surface area contributed by atoms with Crippen molar-refractivity contribution in [2.24, 2.45) is 11.3 Å². The normalized spacial score (nSPS) is 19.9. The first-order valence-corrected chi connectivity index (χ1v) is 11.9. The molecule has 0 amide bonds. The fraction of sp³-hybridized carbons (Fsp3) is 0.458. The van der Waals surface area contributed by atoms with E-state index in [9.17, 15) is 13.7 Å². The standard InChI is InChI=1S/C24H29NO3S/c1-23(2,21-16-22(17-21)28-29(3,26)27)14-15-24(18-25,19-10-6-4-7-11-19)20-12-8-5-9-13-20/h4-13,21-22H,14-17H2,1-3H3. The lowest BCUT2D eigenvalue weighted by atomic mass is 9.61. The molecule has 0 atom stereocenters. The Kier molecular flexibility index (Phi) is 6.16. The molecule has 0 radical (unpaired) electrons. The fourth-order valence-electron chi connectivity index (χ4n) is 4.33. The van der Waals surface area contributed by atoms with Crippen molar-refractivity contribution in [1.82, 2.24) is 0 Å². The van der Waals surface area contributed by atoms with Gasteiger partial charge in [0.15, 0.2) is 0 Å². The van der Waals surface area contributed by atoms with Gasteiger partial charge in [-0.15, -0.1) is 0 Å². The summed E-state index contributed by atoms with van der Waals surface area (Å²) in [6.07, 6.45) is 3.96. The van der Waals surface area contributed by atoms with Gasteiger partial charge < -0.3 is 0 Å². The molecule has 154 valence electrons. The molecular formula is C24H29NO3S. The maximum atomic E-state index is 11.3.